The highest BCUT2D eigenvalue weighted by Gasteiger charge is 2.22. The van der Waals surface area contributed by atoms with Gasteiger partial charge < -0.3 is 4.90 Å². The lowest BCUT2D eigenvalue weighted by atomic mass is 9.94. The van der Waals surface area contributed by atoms with Crippen molar-refractivity contribution in [3.63, 3.8) is 0 Å². The van der Waals surface area contributed by atoms with Gasteiger partial charge >= 0.3 is 0 Å². The zero-order valence-corrected chi connectivity index (χ0v) is 14.4. The second-order valence-corrected chi connectivity index (χ2v) is 5.76. The van der Waals surface area contributed by atoms with Gasteiger partial charge in [0, 0.05) is 37.7 Å². The Morgan fingerprint density at radius 3 is 2.14 bits per heavy atom. The molecule has 4 heteroatoms. The summed E-state index contributed by atoms with van der Waals surface area (Å²) in [5, 5.41) is 0.714. The first-order valence-electron chi connectivity index (χ1n) is 7.73. The molecule has 1 aromatic rings. The minimum Gasteiger partial charge on any atom is -0.304 e. The van der Waals surface area contributed by atoms with Crippen LogP contribution in [0, 0.1) is 0 Å². The lowest BCUT2D eigenvalue weighted by Gasteiger charge is -2.34. The molecule has 0 spiro atoms. The molecular formula is C17H27ClN2O. The van der Waals surface area contributed by atoms with E-state index in [2.05, 4.69) is 16.8 Å². The fraction of sp³-hybridized carbons (Fsp3) is 0.588. The van der Waals surface area contributed by atoms with Crippen LogP contribution < -0.4 is 0 Å². The van der Waals surface area contributed by atoms with Crippen LogP contribution in [-0.2, 0) is 4.79 Å². The quantitative estimate of drug-likeness (QED) is 0.852. The van der Waals surface area contributed by atoms with Crippen molar-refractivity contribution in [1.29, 1.82) is 0 Å². The predicted molar refractivity (Wildman–Crippen MR) is 90.2 cm³/mol. The summed E-state index contributed by atoms with van der Waals surface area (Å²) in [5.74, 6) is 0.182. The Labute approximate surface area is 133 Å². The molecule has 1 atom stereocenters. The van der Waals surface area contributed by atoms with Gasteiger partial charge in [0.05, 0.1) is 5.92 Å². The van der Waals surface area contributed by atoms with Gasteiger partial charge in [0.1, 0.15) is 5.78 Å². The first-order valence-corrected chi connectivity index (χ1v) is 8.11. The van der Waals surface area contributed by atoms with Gasteiger partial charge in [0.25, 0.3) is 0 Å². The summed E-state index contributed by atoms with van der Waals surface area (Å²) >= 11 is 5.90. The molecular weight excluding hydrogens is 284 g/mol. The summed E-state index contributed by atoms with van der Waals surface area (Å²) in [4.78, 5) is 16.6. The molecule has 3 nitrogen and oxygen atoms in total. The summed E-state index contributed by atoms with van der Waals surface area (Å²) in [6.45, 7) is 10.7. The molecule has 0 radical (unpaired) electrons. The van der Waals surface area contributed by atoms with Crippen LogP contribution in [0.15, 0.2) is 24.3 Å². The van der Waals surface area contributed by atoms with E-state index >= 15 is 0 Å². The molecule has 2 rings (SSSR count). The van der Waals surface area contributed by atoms with Crippen molar-refractivity contribution < 1.29 is 4.79 Å². The van der Waals surface area contributed by atoms with E-state index in [0.29, 0.717) is 5.02 Å². The van der Waals surface area contributed by atoms with E-state index in [0.717, 1.165) is 38.3 Å². The van der Waals surface area contributed by atoms with Crippen LogP contribution in [0.1, 0.15) is 32.3 Å². The first-order chi connectivity index (χ1) is 10.1. The highest BCUT2D eigenvalue weighted by Crippen LogP contribution is 2.21. The number of hydrogen-bond donors (Lipinski definition) is 0. The Morgan fingerprint density at radius 2 is 1.67 bits per heavy atom. The van der Waals surface area contributed by atoms with E-state index < -0.39 is 0 Å². The maximum absolute atomic E-state index is 11.9. The topological polar surface area (TPSA) is 23.6 Å². The van der Waals surface area contributed by atoms with Crippen molar-refractivity contribution >= 4 is 17.4 Å². The van der Waals surface area contributed by atoms with Gasteiger partial charge in [0.2, 0.25) is 0 Å². The molecule has 1 aromatic carbocycles. The van der Waals surface area contributed by atoms with Gasteiger partial charge in [0.15, 0.2) is 0 Å². The minimum absolute atomic E-state index is 0.0410. The zero-order valence-electron chi connectivity index (χ0n) is 13.6. The molecule has 1 heterocycles. The molecule has 0 aromatic heterocycles. The number of halogens is 1. The van der Waals surface area contributed by atoms with Crippen molar-refractivity contribution in [3.8, 4) is 0 Å². The van der Waals surface area contributed by atoms with Crippen LogP contribution in [0.5, 0.6) is 0 Å². The Morgan fingerprint density at radius 1 is 1.14 bits per heavy atom. The molecule has 0 aliphatic carbocycles. The third kappa shape index (κ3) is 5.77. The summed E-state index contributed by atoms with van der Waals surface area (Å²) in [6, 6.07) is 7.64. The lowest BCUT2D eigenvalue weighted by Crippen LogP contribution is -2.46. The Kier molecular flexibility index (Phi) is 7.94. The van der Waals surface area contributed by atoms with Crippen LogP contribution in [0.25, 0.3) is 0 Å². The number of likely N-dealkylation sites (N-methyl/N-ethyl adjacent to an activating group) is 1. The zero-order chi connectivity index (χ0) is 15.8. The van der Waals surface area contributed by atoms with Crippen molar-refractivity contribution in [2.45, 2.75) is 26.7 Å². The van der Waals surface area contributed by atoms with E-state index in [1.165, 1.54) is 0 Å². The largest absolute Gasteiger partial charge is 0.304 e. The first kappa shape index (κ1) is 18.1. The SMILES string of the molecule is CC.CC(=O)C(CN1CCN(C)CC1)c1ccc(Cl)cc1. The number of benzene rings is 1. The maximum atomic E-state index is 11.9. The van der Waals surface area contributed by atoms with Gasteiger partial charge in [-0.3, -0.25) is 9.69 Å². The molecule has 21 heavy (non-hydrogen) atoms. The van der Waals surface area contributed by atoms with Crippen LogP contribution in [0.4, 0.5) is 0 Å². The standard InChI is InChI=1S/C15H21ClN2O.C2H6/c1-12(19)15(13-3-5-14(16)6-4-13)11-18-9-7-17(2)8-10-18;1-2/h3-6,15H,7-11H2,1-2H3;1-2H3. The van der Waals surface area contributed by atoms with Crippen LogP contribution in [0.3, 0.4) is 0 Å². The van der Waals surface area contributed by atoms with Gasteiger partial charge in [-0.25, -0.2) is 0 Å². The molecule has 1 fully saturated rings. The van der Waals surface area contributed by atoms with Gasteiger partial charge in [-0.2, -0.15) is 0 Å². The Bertz CT molecular complexity index is 425. The fourth-order valence-corrected chi connectivity index (χ4v) is 2.58. The molecule has 0 amide bonds. The second kappa shape index (κ2) is 9.19. The average Bonchev–Trinajstić information content (AvgIpc) is 2.49. The highest BCUT2D eigenvalue weighted by molar-refractivity contribution is 6.30. The van der Waals surface area contributed by atoms with E-state index in [1.807, 2.05) is 38.1 Å². The monoisotopic (exact) mass is 310 g/mol. The van der Waals surface area contributed by atoms with Crippen molar-refractivity contribution in [1.82, 2.24) is 9.80 Å². The Hall–Kier alpha value is -0.900. The smallest absolute Gasteiger partial charge is 0.138 e. The Balaban J connectivity index is 0.00000106. The van der Waals surface area contributed by atoms with E-state index in [9.17, 15) is 4.79 Å². The van der Waals surface area contributed by atoms with Gasteiger partial charge in [-0.1, -0.05) is 37.6 Å². The molecule has 1 aliphatic rings. The molecule has 0 N–H and O–H groups in total. The molecule has 0 saturated carbocycles. The third-order valence-corrected chi connectivity index (χ3v) is 4.05. The van der Waals surface area contributed by atoms with Crippen LogP contribution in [0.2, 0.25) is 5.02 Å². The number of rotatable bonds is 4. The molecule has 1 saturated heterocycles. The number of piperazine rings is 1. The summed E-state index contributed by atoms with van der Waals surface area (Å²) < 4.78 is 0. The third-order valence-electron chi connectivity index (χ3n) is 3.80. The number of nitrogens with zero attached hydrogens (tertiary/aromatic N) is 2. The summed E-state index contributed by atoms with van der Waals surface area (Å²) in [7, 11) is 2.14. The van der Waals surface area contributed by atoms with Gasteiger partial charge in [-0.05, 0) is 31.7 Å². The van der Waals surface area contributed by atoms with Crippen LogP contribution in [-0.4, -0.2) is 55.4 Å². The van der Waals surface area contributed by atoms with E-state index in [1.54, 1.807) is 6.92 Å². The summed E-state index contributed by atoms with van der Waals surface area (Å²) in [6.07, 6.45) is 0. The second-order valence-electron chi connectivity index (χ2n) is 5.32. The number of hydrogen-bond acceptors (Lipinski definition) is 3. The highest BCUT2D eigenvalue weighted by atomic mass is 35.5. The minimum atomic E-state index is -0.0410. The molecule has 1 aliphatic heterocycles. The molecule has 1 unspecified atom stereocenters. The number of carbonyl (C=O) groups is 1. The number of Topliss-reactive ketones (excluding diaryl/α,β-unsaturated/α-hetero) is 1. The summed E-state index contributed by atoms with van der Waals surface area (Å²) in [5.41, 5.74) is 1.07. The number of carbonyl (C=O) groups excluding carboxylic acids is 1. The van der Waals surface area contributed by atoms with E-state index in [-0.39, 0.29) is 11.7 Å². The van der Waals surface area contributed by atoms with Crippen LogP contribution >= 0.6 is 11.6 Å². The maximum Gasteiger partial charge on any atom is 0.138 e. The molecule has 0 bridgehead atoms. The fourth-order valence-electron chi connectivity index (χ4n) is 2.45. The lowest BCUT2D eigenvalue weighted by molar-refractivity contribution is -0.119. The van der Waals surface area contributed by atoms with Crippen molar-refractivity contribution in [2.24, 2.45) is 0 Å². The average molecular weight is 311 g/mol. The van der Waals surface area contributed by atoms with Gasteiger partial charge in [-0.15, -0.1) is 0 Å². The van der Waals surface area contributed by atoms with E-state index in [4.69, 9.17) is 11.6 Å². The number of ketones is 1. The van der Waals surface area contributed by atoms with Crippen molar-refractivity contribution in [3.05, 3.63) is 34.9 Å². The normalized spacial score (nSPS) is 17.8. The molecule has 118 valence electrons. The predicted octanol–water partition coefficient (Wildman–Crippen LogP) is 3.29. The van der Waals surface area contributed by atoms with Crippen molar-refractivity contribution in [2.75, 3.05) is 39.8 Å².